The first-order chi connectivity index (χ1) is 24.7. The van der Waals surface area contributed by atoms with Gasteiger partial charge in [-0.2, -0.15) is 13.2 Å². The van der Waals surface area contributed by atoms with Gasteiger partial charge in [0.25, 0.3) is 0 Å². The van der Waals surface area contributed by atoms with Crippen molar-refractivity contribution in [3.8, 4) is 0 Å². The number of aliphatic carboxylic acids is 4. The Kier molecular flexibility index (Phi) is 19.5. The molecule has 14 nitrogen and oxygen atoms in total. The summed E-state index contributed by atoms with van der Waals surface area (Å²) >= 11 is 1.53. The summed E-state index contributed by atoms with van der Waals surface area (Å²) in [7, 11) is 0. The zero-order valence-electron chi connectivity index (χ0n) is 28.1. The lowest BCUT2D eigenvalue weighted by Gasteiger charge is -2.36. The number of benzene rings is 2. The van der Waals surface area contributed by atoms with E-state index in [0.717, 1.165) is 61.2 Å². The van der Waals surface area contributed by atoms with Crippen LogP contribution in [0.4, 0.5) is 24.5 Å². The first kappa shape index (κ1) is 43.7. The number of rotatable bonds is 16. The zero-order valence-corrected chi connectivity index (χ0v) is 28.9. The van der Waals surface area contributed by atoms with Gasteiger partial charge < -0.3 is 44.8 Å². The molecule has 2 aliphatic heterocycles. The third-order valence-corrected chi connectivity index (χ3v) is 8.30. The average Bonchev–Trinajstić information content (AvgIpc) is 3.09. The second-order valence-corrected chi connectivity index (χ2v) is 12.0. The Bertz CT molecular complexity index is 1450. The van der Waals surface area contributed by atoms with Crippen molar-refractivity contribution in [1.82, 2.24) is 9.80 Å². The van der Waals surface area contributed by atoms with E-state index in [0.29, 0.717) is 63.0 Å². The highest BCUT2D eigenvalue weighted by Gasteiger charge is 2.33. The van der Waals surface area contributed by atoms with Gasteiger partial charge in [-0.15, -0.1) is 0 Å². The number of aliphatic hydroxyl groups excluding tert-OH is 1. The molecule has 0 amide bonds. The fourth-order valence-corrected chi connectivity index (χ4v) is 5.88. The van der Waals surface area contributed by atoms with Gasteiger partial charge in [0, 0.05) is 73.4 Å². The van der Waals surface area contributed by atoms with Gasteiger partial charge in [-0.25, -0.2) is 19.2 Å². The molecule has 286 valence electrons. The molecule has 18 heteroatoms. The summed E-state index contributed by atoms with van der Waals surface area (Å²) < 4.78 is 51.0. The Morgan fingerprint density at radius 1 is 0.673 bits per heavy atom. The first-order valence-electron chi connectivity index (χ1n) is 16.0. The minimum absolute atomic E-state index is 0.0287. The molecule has 0 spiro atoms. The molecule has 1 saturated heterocycles. The highest BCUT2D eigenvalue weighted by molar-refractivity contribution is 7.99. The molecule has 0 atom stereocenters. The second kappa shape index (κ2) is 23.2. The normalized spacial score (nSPS) is 14.5. The van der Waals surface area contributed by atoms with E-state index >= 15 is 0 Å². The largest absolute Gasteiger partial charge is 0.478 e. The molecule has 1 fully saturated rings. The fraction of sp³-hybridized carbons (Fsp3) is 0.412. The van der Waals surface area contributed by atoms with Gasteiger partial charge in [-0.3, -0.25) is 4.90 Å². The third kappa shape index (κ3) is 17.2. The number of fused-ring (bicyclic) bond motifs is 2. The quantitative estimate of drug-likeness (QED) is 0.123. The number of carboxylic acid groups (broad SMARTS) is 4. The Hall–Kier alpha value is -4.46. The first-order valence-corrected chi connectivity index (χ1v) is 16.8. The molecule has 2 aliphatic rings. The van der Waals surface area contributed by atoms with Gasteiger partial charge in [0.05, 0.1) is 50.0 Å². The zero-order chi connectivity index (χ0) is 38.5. The number of hydrogen-bond acceptors (Lipinski definition) is 11. The van der Waals surface area contributed by atoms with E-state index in [1.807, 2.05) is 29.2 Å². The van der Waals surface area contributed by atoms with Gasteiger partial charge in [-0.1, -0.05) is 23.9 Å². The highest BCUT2D eigenvalue weighted by atomic mass is 32.2. The molecule has 52 heavy (non-hydrogen) atoms. The van der Waals surface area contributed by atoms with Crippen molar-refractivity contribution in [3.05, 3.63) is 72.3 Å². The van der Waals surface area contributed by atoms with Crippen LogP contribution in [0.1, 0.15) is 12.0 Å². The predicted octanol–water partition coefficient (Wildman–Crippen LogP) is 3.76. The van der Waals surface area contributed by atoms with E-state index in [1.165, 1.54) is 23.9 Å². The van der Waals surface area contributed by atoms with Crippen molar-refractivity contribution < 1.29 is 67.4 Å². The average molecular weight is 758 g/mol. The summed E-state index contributed by atoms with van der Waals surface area (Å²) in [5.41, 5.74) is 1.00. The number of aliphatic hydroxyl groups is 1. The number of ether oxygens (including phenoxy) is 2. The van der Waals surface area contributed by atoms with Gasteiger partial charge in [0.1, 0.15) is 0 Å². The van der Waals surface area contributed by atoms with E-state index in [9.17, 15) is 32.3 Å². The molecule has 5 N–H and O–H groups in total. The molecule has 0 radical (unpaired) electrons. The van der Waals surface area contributed by atoms with Crippen LogP contribution in [0.3, 0.4) is 0 Å². The Morgan fingerprint density at radius 2 is 1.17 bits per heavy atom. The molecule has 2 heterocycles. The number of carboxylic acids is 4. The molecular weight excluding hydrogens is 715 g/mol. The maximum atomic E-state index is 13.4. The summed E-state index contributed by atoms with van der Waals surface area (Å²) in [6, 6.07) is 12.0. The lowest BCUT2D eigenvalue weighted by Crippen LogP contribution is -2.47. The SMILES string of the molecule is O=C(O)/C=C\C(=O)O.O=C(O)/C=C\C(=O)O.OCCOCCOCCN1CCN(CCCN2c3ccccc3Sc3ccc(C(F)(F)F)cc32)CC1. The van der Waals surface area contributed by atoms with Crippen molar-refractivity contribution in [2.75, 3.05) is 83.7 Å². The lowest BCUT2D eigenvalue weighted by molar-refractivity contribution is -0.137. The summed E-state index contributed by atoms with van der Waals surface area (Å²) in [4.78, 5) is 47.0. The number of alkyl halides is 3. The Labute approximate surface area is 302 Å². The predicted molar refractivity (Wildman–Crippen MR) is 184 cm³/mol. The van der Waals surface area contributed by atoms with Crippen LogP contribution in [0.2, 0.25) is 0 Å². The number of halogens is 3. The molecule has 0 saturated carbocycles. The van der Waals surface area contributed by atoms with Gasteiger partial charge in [-0.05, 0) is 43.3 Å². The smallest absolute Gasteiger partial charge is 0.416 e. The van der Waals surface area contributed by atoms with Crippen molar-refractivity contribution in [2.45, 2.75) is 22.4 Å². The monoisotopic (exact) mass is 757 g/mol. The van der Waals surface area contributed by atoms with Crippen molar-refractivity contribution >= 4 is 47.0 Å². The second-order valence-electron chi connectivity index (χ2n) is 10.9. The van der Waals surface area contributed by atoms with E-state index in [-0.39, 0.29) is 6.61 Å². The van der Waals surface area contributed by atoms with Gasteiger partial charge in [0.15, 0.2) is 0 Å². The van der Waals surface area contributed by atoms with Crippen LogP contribution in [0.25, 0.3) is 0 Å². The topological polar surface area (TPSA) is 198 Å². The minimum Gasteiger partial charge on any atom is -0.478 e. The molecule has 0 aromatic heterocycles. The van der Waals surface area contributed by atoms with Crippen LogP contribution in [-0.2, 0) is 34.8 Å². The van der Waals surface area contributed by atoms with Crippen LogP contribution in [0, 0.1) is 0 Å². The Balaban J connectivity index is 0.000000487. The van der Waals surface area contributed by atoms with Crippen LogP contribution in [0.15, 0.2) is 76.6 Å². The standard InChI is InChI=1S/C26H34F3N3O3S.2C4H4O4/c27-26(28,29)21-6-7-25-23(20-21)32(22-4-1-2-5-24(22)36-25)9-3-8-30-10-12-31(13-11-30)14-16-34-18-19-35-17-15-33;2*5-3(6)1-2-4(7)8/h1-2,4-7,20,33H,3,8-19H2;2*1-2H,(H,5,6)(H,7,8)/b;2*2-1-. The molecular formula is C34H42F3N3O11S. The lowest BCUT2D eigenvalue weighted by atomic mass is 10.1. The molecule has 0 bridgehead atoms. The fourth-order valence-electron chi connectivity index (χ4n) is 4.80. The van der Waals surface area contributed by atoms with Gasteiger partial charge in [0.2, 0.25) is 0 Å². The highest BCUT2D eigenvalue weighted by Crippen LogP contribution is 2.49. The van der Waals surface area contributed by atoms with Crippen LogP contribution in [-0.4, -0.2) is 138 Å². The number of anilines is 2. The maximum absolute atomic E-state index is 13.4. The van der Waals surface area contributed by atoms with Crippen molar-refractivity contribution in [2.24, 2.45) is 0 Å². The maximum Gasteiger partial charge on any atom is 0.416 e. The number of para-hydroxylation sites is 1. The number of hydrogen-bond donors (Lipinski definition) is 5. The molecule has 0 aliphatic carbocycles. The van der Waals surface area contributed by atoms with Crippen LogP contribution in [0.5, 0.6) is 0 Å². The van der Waals surface area contributed by atoms with Crippen molar-refractivity contribution in [1.29, 1.82) is 0 Å². The number of piperazine rings is 1. The van der Waals surface area contributed by atoms with Crippen LogP contribution >= 0.6 is 11.8 Å². The molecule has 4 rings (SSSR count). The van der Waals surface area contributed by atoms with Crippen molar-refractivity contribution in [3.63, 3.8) is 0 Å². The van der Waals surface area contributed by atoms with Crippen LogP contribution < -0.4 is 4.90 Å². The number of nitrogens with zero attached hydrogens (tertiary/aromatic N) is 3. The van der Waals surface area contributed by atoms with E-state index in [2.05, 4.69) is 9.80 Å². The molecule has 0 unspecified atom stereocenters. The molecule has 2 aromatic carbocycles. The van der Waals surface area contributed by atoms with Gasteiger partial charge >= 0.3 is 30.1 Å². The Morgan fingerprint density at radius 3 is 1.69 bits per heavy atom. The molecule has 2 aromatic rings. The summed E-state index contributed by atoms with van der Waals surface area (Å²) in [6.45, 7) is 8.42. The summed E-state index contributed by atoms with van der Waals surface area (Å²) in [6.07, 6.45) is -1.26. The summed E-state index contributed by atoms with van der Waals surface area (Å²) in [5, 5.41) is 39.9. The summed E-state index contributed by atoms with van der Waals surface area (Å²) in [5.74, 6) is -5.03. The van der Waals surface area contributed by atoms with E-state index in [1.54, 1.807) is 6.07 Å². The number of carbonyl (C=O) groups is 4. The third-order valence-electron chi connectivity index (χ3n) is 7.17. The van der Waals surface area contributed by atoms with E-state index < -0.39 is 35.6 Å². The minimum atomic E-state index is -4.36. The van der Waals surface area contributed by atoms with E-state index in [4.69, 9.17) is 35.0 Å².